The van der Waals surface area contributed by atoms with Crippen molar-refractivity contribution in [1.29, 1.82) is 0 Å². The van der Waals surface area contributed by atoms with E-state index >= 15 is 0 Å². The number of methoxy groups -OCH3 is 1. The predicted octanol–water partition coefficient (Wildman–Crippen LogP) is 3.44. The van der Waals surface area contributed by atoms with Gasteiger partial charge in [0.1, 0.15) is 35.5 Å². The lowest BCUT2D eigenvalue weighted by Crippen LogP contribution is -2.24. The van der Waals surface area contributed by atoms with Crippen molar-refractivity contribution in [3.8, 4) is 23.5 Å². The molecular formula is C26H25N7O2. The molecule has 0 saturated carbocycles. The molecule has 4 aromatic rings. The summed E-state index contributed by atoms with van der Waals surface area (Å²) in [7, 11) is 5.51. The van der Waals surface area contributed by atoms with Crippen LogP contribution in [0.15, 0.2) is 48.9 Å². The predicted molar refractivity (Wildman–Crippen MR) is 135 cm³/mol. The first-order valence-electron chi connectivity index (χ1n) is 11.2. The molecule has 5 rings (SSSR count). The van der Waals surface area contributed by atoms with Gasteiger partial charge >= 0.3 is 0 Å². The first-order chi connectivity index (χ1) is 17.1. The van der Waals surface area contributed by atoms with Gasteiger partial charge in [0.05, 0.1) is 18.9 Å². The highest BCUT2D eigenvalue weighted by Gasteiger charge is 2.11. The Morgan fingerprint density at radius 1 is 1.06 bits per heavy atom. The maximum atomic E-state index is 5.91. The fourth-order valence-electron chi connectivity index (χ4n) is 3.87. The SMILES string of the molecule is CNc1ncc2c3cc(ncc13)Nc1cccc(n1)OCCN(C)Cc1cc(ncc1OC)C#C2. The Balaban J connectivity index is 1.64. The number of hydrogen-bond donors (Lipinski definition) is 2. The Bertz CT molecular complexity index is 1450. The molecule has 2 N–H and O–H groups in total. The van der Waals surface area contributed by atoms with Crippen LogP contribution in [-0.4, -0.2) is 59.2 Å². The summed E-state index contributed by atoms with van der Waals surface area (Å²) < 4.78 is 11.4. The average Bonchev–Trinajstić information content (AvgIpc) is 2.87. The Labute approximate surface area is 203 Å². The number of nitrogens with zero attached hydrogens (tertiary/aromatic N) is 5. The van der Waals surface area contributed by atoms with Crippen molar-refractivity contribution in [2.45, 2.75) is 6.54 Å². The molecule has 176 valence electrons. The van der Waals surface area contributed by atoms with Crippen LogP contribution in [0.4, 0.5) is 17.5 Å². The van der Waals surface area contributed by atoms with E-state index in [1.54, 1.807) is 25.7 Å². The summed E-state index contributed by atoms with van der Waals surface area (Å²) in [6.07, 6.45) is 5.25. The zero-order valence-electron chi connectivity index (χ0n) is 19.8. The van der Waals surface area contributed by atoms with E-state index in [1.807, 2.05) is 44.4 Å². The molecule has 4 aromatic heterocycles. The van der Waals surface area contributed by atoms with Crippen LogP contribution in [0, 0.1) is 11.8 Å². The summed E-state index contributed by atoms with van der Waals surface area (Å²) in [5.74, 6) is 9.72. The lowest BCUT2D eigenvalue weighted by atomic mass is 10.1. The Morgan fingerprint density at radius 2 is 1.97 bits per heavy atom. The van der Waals surface area contributed by atoms with Gasteiger partial charge in [-0.3, -0.25) is 4.90 Å². The zero-order valence-corrected chi connectivity index (χ0v) is 19.8. The molecule has 0 spiro atoms. The molecule has 0 atom stereocenters. The average molecular weight is 468 g/mol. The zero-order chi connectivity index (χ0) is 24.2. The topological polar surface area (TPSA) is 97.3 Å². The number of fused-ring (bicyclic) bond motifs is 5. The monoisotopic (exact) mass is 467 g/mol. The summed E-state index contributed by atoms with van der Waals surface area (Å²) in [6.45, 7) is 1.86. The second-order valence-electron chi connectivity index (χ2n) is 8.09. The number of rotatable bonds is 2. The summed E-state index contributed by atoms with van der Waals surface area (Å²) in [5, 5.41) is 8.17. The van der Waals surface area contributed by atoms with Gasteiger partial charge < -0.3 is 20.1 Å². The summed E-state index contributed by atoms with van der Waals surface area (Å²) in [4.78, 5) is 20.3. The van der Waals surface area contributed by atoms with Crippen LogP contribution in [0.1, 0.15) is 16.8 Å². The largest absolute Gasteiger partial charge is 0.495 e. The van der Waals surface area contributed by atoms with Gasteiger partial charge in [-0.15, -0.1) is 0 Å². The minimum absolute atomic E-state index is 0.490. The van der Waals surface area contributed by atoms with Gasteiger partial charge in [0.15, 0.2) is 0 Å². The molecule has 6 bridgehead atoms. The maximum Gasteiger partial charge on any atom is 0.215 e. The van der Waals surface area contributed by atoms with Gasteiger partial charge in [-0.2, -0.15) is 4.98 Å². The minimum Gasteiger partial charge on any atom is -0.495 e. The van der Waals surface area contributed by atoms with Crippen LogP contribution < -0.4 is 20.1 Å². The number of hydrogen-bond acceptors (Lipinski definition) is 9. The van der Waals surface area contributed by atoms with E-state index < -0.39 is 0 Å². The van der Waals surface area contributed by atoms with Gasteiger partial charge in [0, 0.05) is 54.9 Å². The quantitative estimate of drug-likeness (QED) is 0.430. The van der Waals surface area contributed by atoms with Gasteiger partial charge in [0.2, 0.25) is 5.88 Å². The molecule has 0 fully saturated rings. The molecular weight excluding hydrogens is 442 g/mol. The maximum absolute atomic E-state index is 5.91. The molecule has 0 aromatic carbocycles. The van der Waals surface area contributed by atoms with Crippen LogP contribution >= 0.6 is 0 Å². The molecule has 0 saturated heterocycles. The van der Waals surface area contributed by atoms with Crippen molar-refractivity contribution in [1.82, 2.24) is 24.8 Å². The highest BCUT2D eigenvalue weighted by atomic mass is 16.5. The van der Waals surface area contributed by atoms with Crippen LogP contribution in [0.5, 0.6) is 11.6 Å². The summed E-state index contributed by atoms with van der Waals surface area (Å²) in [6, 6.07) is 9.52. The molecule has 9 heteroatoms. The highest BCUT2D eigenvalue weighted by molar-refractivity contribution is 5.96. The second-order valence-corrected chi connectivity index (χ2v) is 8.09. The summed E-state index contributed by atoms with van der Waals surface area (Å²) >= 11 is 0. The van der Waals surface area contributed by atoms with E-state index in [2.05, 4.69) is 47.3 Å². The Kier molecular flexibility index (Phi) is 6.28. The van der Waals surface area contributed by atoms with Gasteiger partial charge in [-0.1, -0.05) is 12.0 Å². The number of pyridine rings is 4. The molecule has 0 unspecified atom stereocenters. The van der Waals surface area contributed by atoms with E-state index in [0.29, 0.717) is 42.9 Å². The third kappa shape index (κ3) is 4.93. The third-order valence-corrected chi connectivity index (χ3v) is 5.65. The van der Waals surface area contributed by atoms with E-state index in [9.17, 15) is 0 Å². The lowest BCUT2D eigenvalue weighted by Gasteiger charge is -2.18. The van der Waals surface area contributed by atoms with E-state index in [0.717, 1.165) is 33.5 Å². The molecule has 5 heterocycles. The Morgan fingerprint density at radius 3 is 2.83 bits per heavy atom. The van der Waals surface area contributed by atoms with E-state index in [4.69, 9.17) is 9.47 Å². The minimum atomic E-state index is 0.490. The fraction of sp³-hybridized carbons (Fsp3) is 0.231. The smallest absolute Gasteiger partial charge is 0.215 e. The fourth-order valence-corrected chi connectivity index (χ4v) is 3.87. The normalized spacial score (nSPS) is 13.6. The second kappa shape index (κ2) is 9.83. The standard InChI is InChI=1S/C26H25N7O2/c1-27-26-21-14-29-24-12-20(21)17(13-30-26)7-8-19-11-18(22(34-3)15-28-19)16-33(2)9-10-35-25-6-4-5-23(31-24)32-25/h4-6,11-15H,9-10,16H2,1-3H3,(H,27,30)(H,29,31,32). The molecule has 35 heavy (non-hydrogen) atoms. The van der Waals surface area contributed by atoms with Crippen molar-refractivity contribution >= 4 is 28.2 Å². The van der Waals surface area contributed by atoms with Crippen molar-refractivity contribution in [3.05, 3.63) is 65.7 Å². The van der Waals surface area contributed by atoms with Crippen LogP contribution in [0.3, 0.4) is 0 Å². The van der Waals surface area contributed by atoms with Crippen molar-refractivity contribution < 1.29 is 9.47 Å². The van der Waals surface area contributed by atoms with Gasteiger partial charge in [-0.25, -0.2) is 15.0 Å². The molecule has 0 aliphatic carbocycles. The first-order valence-corrected chi connectivity index (χ1v) is 11.2. The highest BCUT2D eigenvalue weighted by Crippen LogP contribution is 2.27. The molecule has 9 nitrogen and oxygen atoms in total. The van der Waals surface area contributed by atoms with Gasteiger partial charge in [0.25, 0.3) is 0 Å². The van der Waals surface area contributed by atoms with Crippen molar-refractivity contribution in [2.24, 2.45) is 0 Å². The van der Waals surface area contributed by atoms with Crippen molar-refractivity contribution in [2.75, 3.05) is 45.0 Å². The molecule has 0 radical (unpaired) electrons. The van der Waals surface area contributed by atoms with Crippen LogP contribution in [-0.2, 0) is 6.54 Å². The van der Waals surface area contributed by atoms with Crippen LogP contribution in [0.25, 0.3) is 10.8 Å². The van der Waals surface area contributed by atoms with Crippen molar-refractivity contribution in [3.63, 3.8) is 0 Å². The molecule has 1 aliphatic rings. The lowest BCUT2D eigenvalue weighted by molar-refractivity contribution is 0.226. The Hall–Kier alpha value is -4.42. The third-order valence-electron chi connectivity index (χ3n) is 5.65. The number of anilines is 3. The van der Waals surface area contributed by atoms with E-state index in [1.165, 1.54) is 0 Å². The summed E-state index contributed by atoms with van der Waals surface area (Å²) in [5.41, 5.74) is 2.43. The first kappa shape index (κ1) is 22.4. The van der Waals surface area contributed by atoms with Gasteiger partial charge in [-0.05, 0) is 31.2 Å². The molecule has 1 aliphatic heterocycles. The van der Waals surface area contributed by atoms with Crippen LogP contribution in [0.2, 0.25) is 0 Å². The van der Waals surface area contributed by atoms with E-state index in [-0.39, 0.29) is 0 Å². The molecule has 0 amide bonds. The number of nitrogens with one attached hydrogen (secondary N) is 2. The number of aromatic nitrogens is 4. The number of likely N-dealkylation sites (N-methyl/N-ethyl adjacent to an activating group) is 1. The number of ether oxygens (including phenoxy) is 2.